The van der Waals surface area contributed by atoms with Crippen LogP contribution in [0.2, 0.25) is 0 Å². The van der Waals surface area contributed by atoms with E-state index in [9.17, 15) is 19.2 Å². The van der Waals surface area contributed by atoms with Gasteiger partial charge in [-0.25, -0.2) is 0 Å². The Labute approximate surface area is 84.8 Å². The topological polar surface area (TPSA) is 77.5 Å². The molecule has 0 unspecified atom stereocenters. The maximum atomic E-state index is 11.5. The van der Waals surface area contributed by atoms with Gasteiger partial charge in [0.2, 0.25) is 0 Å². The summed E-state index contributed by atoms with van der Waals surface area (Å²) in [5.41, 5.74) is 0. The fourth-order valence-corrected chi connectivity index (χ4v) is 2.98. The third-order valence-corrected chi connectivity index (χ3v) is 3.67. The van der Waals surface area contributed by atoms with Crippen molar-refractivity contribution in [1.82, 2.24) is 0 Å². The second-order valence-corrected chi connectivity index (χ2v) is 4.35. The Morgan fingerprint density at radius 2 is 1.20 bits per heavy atom. The smallest absolute Gasteiger partial charge is 0.318 e. The van der Waals surface area contributed by atoms with Crippen molar-refractivity contribution in [2.75, 3.05) is 0 Å². The van der Waals surface area contributed by atoms with Crippen LogP contribution in [0.25, 0.3) is 0 Å². The van der Waals surface area contributed by atoms with Crippen LogP contribution in [0.15, 0.2) is 0 Å². The number of ketones is 2. The first-order valence-corrected chi connectivity index (χ1v) is 4.90. The van der Waals surface area contributed by atoms with E-state index in [1.165, 1.54) is 0 Å². The Bertz CT molecular complexity index is 372. The number of esters is 2. The van der Waals surface area contributed by atoms with E-state index >= 15 is 0 Å². The first-order valence-electron chi connectivity index (χ1n) is 4.90. The maximum Gasteiger partial charge on any atom is 0.318 e. The zero-order chi connectivity index (χ0) is 10.7. The van der Waals surface area contributed by atoms with Gasteiger partial charge in [0.25, 0.3) is 0 Å². The second-order valence-electron chi connectivity index (χ2n) is 4.35. The van der Waals surface area contributed by atoms with E-state index in [4.69, 9.17) is 0 Å². The number of ether oxygens (including phenoxy) is 1. The van der Waals surface area contributed by atoms with Crippen LogP contribution in [0.4, 0.5) is 0 Å². The van der Waals surface area contributed by atoms with Gasteiger partial charge in [-0.3, -0.25) is 19.2 Å². The van der Waals surface area contributed by atoms with Crippen LogP contribution in [-0.4, -0.2) is 23.5 Å². The normalized spacial score (nSPS) is 43.2. The molecule has 0 aromatic carbocycles. The minimum atomic E-state index is -0.679. The molecule has 0 spiro atoms. The third kappa shape index (κ3) is 0.926. The van der Waals surface area contributed by atoms with Crippen LogP contribution >= 0.6 is 0 Å². The lowest BCUT2D eigenvalue weighted by Crippen LogP contribution is -2.51. The molecule has 15 heavy (non-hydrogen) atoms. The Kier molecular flexibility index (Phi) is 1.48. The molecule has 4 rings (SSSR count). The highest BCUT2D eigenvalue weighted by Gasteiger charge is 2.62. The van der Waals surface area contributed by atoms with Crippen molar-refractivity contribution in [2.24, 2.45) is 23.7 Å². The van der Waals surface area contributed by atoms with E-state index in [0.717, 1.165) is 0 Å². The molecule has 4 fully saturated rings. The van der Waals surface area contributed by atoms with Gasteiger partial charge in [-0.2, -0.15) is 0 Å². The van der Waals surface area contributed by atoms with Crippen LogP contribution in [0.3, 0.4) is 0 Å². The molecule has 5 nitrogen and oxygen atoms in total. The number of rotatable bonds is 0. The van der Waals surface area contributed by atoms with Gasteiger partial charge in [-0.05, 0) is 0 Å². The highest BCUT2D eigenvalue weighted by molar-refractivity contribution is 6.09. The standard InChI is InChI=1S/C10H8O5/c11-5-1-3-6(12)2-4(5)8-7(3)9(13)15-10(8)14/h3-4,7-8H,1-2H2/t3-,4+,7-,8+. The van der Waals surface area contributed by atoms with Crippen molar-refractivity contribution in [3.05, 3.63) is 0 Å². The predicted molar refractivity (Wildman–Crippen MR) is 44.3 cm³/mol. The maximum absolute atomic E-state index is 11.5. The van der Waals surface area contributed by atoms with Gasteiger partial charge in [0.1, 0.15) is 11.6 Å². The van der Waals surface area contributed by atoms with Gasteiger partial charge in [-0.15, -0.1) is 0 Å². The molecule has 3 saturated carbocycles. The van der Waals surface area contributed by atoms with Crippen molar-refractivity contribution >= 4 is 23.5 Å². The molecule has 0 aromatic heterocycles. The predicted octanol–water partition coefficient (Wildman–Crippen LogP) is -0.520. The van der Waals surface area contributed by atoms with E-state index in [0.29, 0.717) is 0 Å². The number of hydrogen-bond donors (Lipinski definition) is 0. The number of Topliss-reactive ketones (excluding diaryl/α,β-unsaturated/α-hetero) is 2. The van der Waals surface area contributed by atoms with E-state index in [2.05, 4.69) is 4.74 Å². The summed E-state index contributed by atoms with van der Waals surface area (Å²) >= 11 is 0. The van der Waals surface area contributed by atoms with Crippen LogP contribution in [0, 0.1) is 23.7 Å². The third-order valence-electron chi connectivity index (χ3n) is 3.67. The molecular formula is C10H8O5. The van der Waals surface area contributed by atoms with E-state index < -0.39 is 35.6 Å². The Hall–Kier alpha value is -1.52. The van der Waals surface area contributed by atoms with Gasteiger partial charge in [0, 0.05) is 24.7 Å². The summed E-state index contributed by atoms with van der Waals surface area (Å²) in [5, 5.41) is 0. The molecule has 1 heterocycles. The fourth-order valence-electron chi connectivity index (χ4n) is 2.98. The van der Waals surface area contributed by atoms with Gasteiger partial charge in [-0.1, -0.05) is 0 Å². The van der Waals surface area contributed by atoms with Gasteiger partial charge < -0.3 is 4.74 Å². The molecule has 1 aliphatic heterocycles. The number of cyclic esters (lactones) is 2. The van der Waals surface area contributed by atoms with Gasteiger partial charge >= 0.3 is 11.9 Å². The van der Waals surface area contributed by atoms with E-state index in [-0.39, 0.29) is 24.4 Å². The van der Waals surface area contributed by atoms with Crippen LogP contribution in [0.1, 0.15) is 12.8 Å². The fraction of sp³-hybridized carbons (Fsp3) is 0.600. The summed E-state index contributed by atoms with van der Waals surface area (Å²) in [4.78, 5) is 45.8. The van der Waals surface area contributed by atoms with E-state index in [1.54, 1.807) is 0 Å². The van der Waals surface area contributed by atoms with Crippen molar-refractivity contribution < 1.29 is 23.9 Å². The Balaban J connectivity index is 2.09. The zero-order valence-electron chi connectivity index (χ0n) is 7.76. The van der Waals surface area contributed by atoms with Crippen LogP contribution < -0.4 is 0 Å². The summed E-state index contributed by atoms with van der Waals surface area (Å²) in [6, 6.07) is 0. The highest BCUT2D eigenvalue weighted by Crippen LogP contribution is 2.49. The lowest BCUT2D eigenvalue weighted by Gasteiger charge is -2.39. The van der Waals surface area contributed by atoms with Gasteiger partial charge in [0.05, 0.1) is 11.8 Å². The summed E-state index contributed by atoms with van der Waals surface area (Å²) in [6.07, 6.45) is 0.208. The second kappa shape index (κ2) is 2.53. The molecule has 0 radical (unpaired) electrons. The number of hydrogen-bond acceptors (Lipinski definition) is 5. The Morgan fingerprint density at radius 1 is 0.800 bits per heavy atom. The number of carbonyl (C=O) groups excluding carboxylic acids is 4. The summed E-state index contributed by atoms with van der Waals surface area (Å²) in [6.45, 7) is 0. The average molecular weight is 208 g/mol. The van der Waals surface area contributed by atoms with Crippen molar-refractivity contribution in [3.8, 4) is 0 Å². The quantitative estimate of drug-likeness (QED) is 0.395. The molecule has 2 bridgehead atoms. The summed E-state index contributed by atoms with van der Waals surface area (Å²) in [7, 11) is 0. The number of fused-ring (bicyclic) bond motifs is 2. The van der Waals surface area contributed by atoms with Gasteiger partial charge in [0.15, 0.2) is 0 Å². The van der Waals surface area contributed by atoms with Crippen molar-refractivity contribution in [3.63, 3.8) is 0 Å². The monoisotopic (exact) mass is 208 g/mol. The number of carbonyl (C=O) groups is 4. The molecule has 0 amide bonds. The molecule has 4 aliphatic rings. The molecule has 3 aliphatic carbocycles. The summed E-state index contributed by atoms with van der Waals surface area (Å²) in [5.74, 6) is -3.97. The molecule has 0 N–H and O–H groups in total. The summed E-state index contributed by atoms with van der Waals surface area (Å²) < 4.78 is 4.50. The van der Waals surface area contributed by atoms with Crippen LogP contribution in [0.5, 0.6) is 0 Å². The molecule has 1 saturated heterocycles. The van der Waals surface area contributed by atoms with Crippen molar-refractivity contribution in [2.45, 2.75) is 12.8 Å². The SMILES string of the molecule is O=C1OC(=O)[C@H]2[C@@H]1[C@H]1CC(=O)[C@H]2CC1=O. The van der Waals surface area contributed by atoms with E-state index in [1.807, 2.05) is 0 Å². The zero-order valence-corrected chi connectivity index (χ0v) is 7.76. The highest BCUT2D eigenvalue weighted by atomic mass is 16.6. The minimum Gasteiger partial charge on any atom is -0.393 e. The molecule has 0 aromatic rings. The Morgan fingerprint density at radius 3 is 1.60 bits per heavy atom. The minimum absolute atomic E-state index is 0.0764. The largest absolute Gasteiger partial charge is 0.393 e. The molecule has 78 valence electrons. The molecular weight excluding hydrogens is 200 g/mol. The van der Waals surface area contributed by atoms with Crippen LogP contribution in [-0.2, 0) is 23.9 Å². The molecule has 4 atom stereocenters. The molecule has 5 heteroatoms. The first kappa shape index (κ1) is 8.76. The lowest BCUT2D eigenvalue weighted by atomic mass is 9.58. The first-order chi connectivity index (χ1) is 7.09. The van der Waals surface area contributed by atoms with Crippen molar-refractivity contribution in [1.29, 1.82) is 0 Å². The average Bonchev–Trinajstić information content (AvgIpc) is 2.46. The lowest BCUT2D eigenvalue weighted by molar-refractivity contribution is -0.154.